The lowest BCUT2D eigenvalue weighted by Gasteiger charge is -2.31. The highest BCUT2D eigenvalue weighted by Gasteiger charge is 2.44. The summed E-state index contributed by atoms with van der Waals surface area (Å²) >= 11 is 0. The van der Waals surface area contributed by atoms with Gasteiger partial charge in [-0.25, -0.2) is 9.13 Å². The monoisotopic (exact) mass is 372 g/mol. The van der Waals surface area contributed by atoms with E-state index in [2.05, 4.69) is 4.52 Å². The molecule has 0 aromatic carbocycles. The minimum Gasteiger partial charge on any atom is -0.381 e. The summed E-state index contributed by atoms with van der Waals surface area (Å²) in [5.41, 5.74) is -0.337. The molecule has 9 nitrogen and oxygen atoms in total. The smallest absolute Gasteiger partial charge is 0.381 e. The van der Waals surface area contributed by atoms with Crippen LogP contribution in [-0.4, -0.2) is 54.0 Å². The molecule has 0 aromatic heterocycles. The van der Waals surface area contributed by atoms with Gasteiger partial charge in [0.1, 0.15) is 7.85 Å². The van der Waals surface area contributed by atoms with Crippen LogP contribution in [0.25, 0.3) is 0 Å². The first kappa shape index (κ1) is 21.3. The van der Waals surface area contributed by atoms with Gasteiger partial charge < -0.3 is 19.4 Å². The van der Waals surface area contributed by atoms with E-state index in [1.165, 1.54) is 0 Å². The summed E-state index contributed by atoms with van der Waals surface area (Å²) in [7, 11) is -3.19. The Hall–Kier alpha value is 0.245. The zero-order valence-corrected chi connectivity index (χ0v) is 15.1. The fourth-order valence-electron chi connectivity index (χ4n) is 2.17. The highest BCUT2D eigenvalue weighted by atomic mass is 31.2. The van der Waals surface area contributed by atoms with E-state index >= 15 is 0 Å². The van der Waals surface area contributed by atoms with Gasteiger partial charge in [-0.3, -0.25) is 13.6 Å². The molecule has 1 heterocycles. The Morgan fingerprint density at radius 2 is 1.74 bits per heavy atom. The molecule has 0 aliphatic carbocycles. The first-order valence-corrected chi connectivity index (χ1v) is 10.1. The molecule has 2 radical (unpaired) electrons. The van der Waals surface area contributed by atoms with Crippen molar-refractivity contribution >= 4 is 23.5 Å². The van der Waals surface area contributed by atoms with Crippen LogP contribution in [0.2, 0.25) is 0 Å². The maximum absolute atomic E-state index is 11.9. The first-order chi connectivity index (χ1) is 10.3. The van der Waals surface area contributed by atoms with E-state index in [-0.39, 0.29) is 31.5 Å². The topological polar surface area (TPSA) is 132 Å². The average molecular weight is 372 g/mol. The molecule has 1 fully saturated rings. The summed E-state index contributed by atoms with van der Waals surface area (Å²) < 4.78 is 42.0. The van der Waals surface area contributed by atoms with Crippen molar-refractivity contribution in [1.29, 1.82) is 0 Å². The highest BCUT2D eigenvalue weighted by Crippen LogP contribution is 2.49. The molecule has 0 amide bonds. The molecule has 12 heteroatoms. The van der Waals surface area contributed by atoms with Crippen molar-refractivity contribution < 1.29 is 42.1 Å². The van der Waals surface area contributed by atoms with E-state index < -0.39 is 33.9 Å². The maximum Gasteiger partial charge on any atom is 0.472 e. The fourth-order valence-corrected chi connectivity index (χ4v) is 3.49. The van der Waals surface area contributed by atoms with E-state index in [1.807, 2.05) is 20.8 Å². The second-order valence-electron chi connectivity index (χ2n) is 6.32. The number of rotatable bonds is 8. The molecule has 4 atom stereocenters. The average Bonchev–Trinajstić information content (AvgIpc) is 2.67. The molecule has 3 unspecified atom stereocenters. The van der Waals surface area contributed by atoms with Crippen molar-refractivity contribution in [3.8, 4) is 0 Å². The van der Waals surface area contributed by atoms with Crippen molar-refractivity contribution in [2.75, 3.05) is 13.2 Å². The molecule has 0 saturated carbocycles. The van der Waals surface area contributed by atoms with Crippen molar-refractivity contribution in [1.82, 2.24) is 0 Å². The van der Waals surface area contributed by atoms with Gasteiger partial charge in [0, 0.05) is 6.00 Å². The van der Waals surface area contributed by atoms with Gasteiger partial charge >= 0.3 is 15.6 Å². The summed E-state index contributed by atoms with van der Waals surface area (Å²) in [6.07, 6.45) is -0.869. The molecule has 0 bridgehead atoms. The molecule has 0 aromatic rings. The Labute approximate surface area is 136 Å². The summed E-state index contributed by atoms with van der Waals surface area (Å²) in [5, 5.41) is 0. The largest absolute Gasteiger partial charge is 0.472 e. The zero-order valence-electron chi connectivity index (χ0n) is 13.3. The van der Waals surface area contributed by atoms with Crippen LogP contribution in [0.4, 0.5) is 0 Å². The van der Waals surface area contributed by atoms with Crippen LogP contribution in [0.1, 0.15) is 33.6 Å². The Morgan fingerprint density at radius 3 is 2.26 bits per heavy atom. The second-order valence-corrected chi connectivity index (χ2v) is 8.97. The molecule has 1 aliphatic rings. The van der Waals surface area contributed by atoms with Gasteiger partial charge in [-0.2, -0.15) is 0 Å². The normalized spacial score (nSPS) is 28.7. The number of hydrogen-bond acceptors (Lipinski definition) is 6. The molecule has 23 heavy (non-hydrogen) atoms. The third kappa shape index (κ3) is 8.25. The van der Waals surface area contributed by atoms with E-state index in [9.17, 15) is 14.0 Å². The van der Waals surface area contributed by atoms with Gasteiger partial charge in [0.25, 0.3) is 0 Å². The molecule has 1 rings (SSSR count). The van der Waals surface area contributed by atoms with Crippen LogP contribution in [0.15, 0.2) is 0 Å². The molecule has 1 aliphatic heterocycles. The Morgan fingerprint density at radius 1 is 1.17 bits per heavy atom. The lowest BCUT2D eigenvalue weighted by Crippen LogP contribution is -2.36. The lowest BCUT2D eigenvalue weighted by molar-refractivity contribution is -0.0366. The van der Waals surface area contributed by atoms with Gasteiger partial charge in [-0.1, -0.05) is 20.8 Å². The minimum atomic E-state index is -4.55. The third-order valence-electron chi connectivity index (χ3n) is 3.05. The van der Waals surface area contributed by atoms with Crippen LogP contribution < -0.4 is 0 Å². The van der Waals surface area contributed by atoms with Crippen molar-refractivity contribution in [2.45, 2.75) is 51.8 Å². The van der Waals surface area contributed by atoms with E-state index in [1.54, 1.807) is 0 Å². The van der Waals surface area contributed by atoms with Gasteiger partial charge in [0.15, 0.2) is 0 Å². The molecular weight excluding hydrogens is 349 g/mol. The SMILES string of the molecule is [B]C1CC(OP(=O)(O)OCCCOP(=O)(O)O)[C@H](C(C)(C)C)O1. The summed E-state index contributed by atoms with van der Waals surface area (Å²) in [5.74, 6) is 0. The molecule has 1 saturated heterocycles. The van der Waals surface area contributed by atoms with E-state index in [0.717, 1.165) is 0 Å². The zero-order chi connectivity index (χ0) is 17.9. The number of phosphoric ester groups is 2. The van der Waals surface area contributed by atoms with Gasteiger partial charge in [0.2, 0.25) is 0 Å². The maximum atomic E-state index is 11.9. The van der Waals surface area contributed by atoms with Crippen LogP contribution in [-0.2, 0) is 27.4 Å². The van der Waals surface area contributed by atoms with Crippen LogP contribution in [0, 0.1) is 5.41 Å². The standard InChI is InChI=1S/C11H23BO9P2/c1-11(2,3)10-8(7-9(12)20-10)21-23(16,17)19-6-4-5-18-22(13,14)15/h8-10H,4-7H2,1-3H3,(H,16,17)(H2,13,14,15)/t8?,9?,10-/m1/s1. The third-order valence-corrected chi connectivity index (χ3v) is 4.61. The number of ether oxygens (including phenoxy) is 1. The summed E-state index contributed by atoms with van der Waals surface area (Å²) in [4.78, 5) is 26.7. The van der Waals surface area contributed by atoms with Crippen LogP contribution in [0.5, 0.6) is 0 Å². The Bertz CT molecular complexity index is 475. The summed E-state index contributed by atoms with van der Waals surface area (Å²) in [6, 6.07) is -0.583. The van der Waals surface area contributed by atoms with Crippen molar-refractivity contribution in [2.24, 2.45) is 5.41 Å². The Balaban J connectivity index is 2.45. The second kappa shape index (κ2) is 8.08. The lowest BCUT2D eigenvalue weighted by atomic mass is 9.85. The van der Waals surface area contributed by atoms with Gasteiger partial charge in [-0.15, -0.1) is 0 Å². The quantitative estimate of drug-likeness (QED) is 0.328. The van der Waals surface area contributed by atoms with Crippen molar-refractivity contribution in [3.63, 3.8) is 0 Å². The molecular formula is C11H23BO9P2. The van der Waals surface area contributed by atoms with Gasteiger partial charge in [0.05, 0.1) is 25.4 Å². The number of hydrogen-bond donors (Lipinski definition) is 3. The van der Waals surface area contributed by atoms with E-state index in [4.69, 9.17) is 31.4 Å². The van der Waals surface area contributed by atoms with Crippen LogP contribution in [0.3, 0.4) is 0 Å². The predicted octanol–water partition coefficient (Wildman–Crippen LogP) is 1.32. The fraction of sp³-hybridized carbons (Fsp3) is 1.00. The molecule has 0 spiro atoms. The molecule has 3 N–H and O–H groups in total. The highest BCUT2D eigenvalue weighted by molar-refractivity contribution is 7.47. The summed E-state index contributed by atoms with van der Waals surface area (Å²) in [6.45, 7) is 5.12. The first-order valence-electron chi connectivity index (χ1n) is 7.07. The predicted molar refractivity (Wildman–Crippen MR) is 81.8 cm³/mol. The Kier molecular flexibility index (Phi) is 7.48. The van der Waals surface area contributed by atoms with Crippen molar-refractivity contribution in [3.05, 3.63) is 0 Å². The van der Waals surface area contributed by atoms with Gasteiger partial charge in [-0.05, 0) is 18.3 Å². The molecule has 134 valence electrons. The van der Waals surface area contributed by atoms with Crippen LogP contribution >= 0.6 is 15.6 Å². The minimum absolute atomic E-state index is 0.0163. The number of phosphoric acid groups is 2. The van der Waals surface area contributed by atoms with E-state index in [0.29, 0.717) is 0 Å².